The minimum Gasteiger partial charge on any atom is -0.328 e. The van der Waals surface area contributed by atoms with Crippen LogP contribution in [0.15, 0.2) is 47.9 Å². The van der Waals surface area contributed by atoms with E-state index in [2.05, 4.69) is 24.1 Å². The first-order chi connectivity index (χ1) is 12.3. The van der Waals surface area contributed by atoms with Crippen molar-refractivity contribution in [1.29, 1.82) is 0 Å². The Labute approximate surface area is 154 Å². The van der Waals surface area contributed by atoms with E-state index in [-0.39, 0.29) is 17.3 Å². The van der Waals surface area contributed by atoms with Gasteiger partial charge in [0.25, 0.3) is 0 Å². The molecular formula is C18H24N4O3S. The molecule has 1 amide bonds. The molecule has 2 atom stereocenters. The summed E-state index contributed by atoms with van der Waals surface area (Å²) in [5.74, 6) is 0.516. The predicted molar refractivity (Wildman–Crippen MR) is 99.0 cm³/mol. The third kappa shape index (κ3) is 4.31. The van der Waals surface area contributed by atoms with Gasteiger partial charge in [0.2, 0.25) is 15.9 Å². The summed E-state index contributed by atoms with van der Waals surface area (Å²) in [7, 11) is -3.51. The van der Waals surface area contributed by atoms with Crippen LogP contribution in [0.1, 0.15) is 20.3 Å². The molecule has 0 radical (unpaired) electrons. The number of rotatable bonds is 5. The third-order valence-corrected chi connectivity index (χ3v) is 6.34. The van der Waals surface area contributed by atoms with Gasteiger partial charge in [-0.25, -0.2) is 13.4 Å². The van der Waals surface area contributed by atoms with Crippen molar-refractivity contribution >= 4 is 21.6 Å². The van der Waals surface area contributed by atoms with Crippen LogP contribution in [-0.4, -0.2) is 41.3 Å². The number of hydrogen-bond acceptors (Lipinski definition) is 4. The lowest BCUT2D eigenvalue weighted by Gasteiger charge is -2.34. The Bertz CT molecular complexity index is 837. The first-order valence-corrected chi connectivity index (χ1v) is 10.1. The number of anilines is 1. The van der Waals surface area contributed by atoms with Crippen molar-refractivity contribution in [1.82, 2.24) is 13.9 Å². The zero-order valence-electron chi connectivity index (χ0n) is 15.0. The molecule has 0 bridgehead atoms. The van der Waals surface area contributed by atoms with Gasteiger partial charge in [0, 0.05) is 31.2 Å². The molecule has 2 heterocycles. The molecule has 3 rings (SSSR count). The number of amides is 1. The molecule has 2 aromatic rings. The van der Waals surface area contributed by atoms with Gasteiger partial charge in [-0.3, -0.25) is 4.79 Å². The molecule has 1 aliphatic heterocycles. The quantitative estimate of drug-likeness (QED) is 0.867. The Morgan fingerprint density at radius 1 is 1.19 bits per heavy atom. The number of carbonyl (C=O) groups is 1. The number of sulfonamides is 1. The van der Waals surface area contributed by atoms with Crippen LogP contribution in [0, 0.1) is 11.8 Å². The van der Waals surface area contributed by atoms with E-state index in [9.17, 15) is 13.2 Å². The van der Waals surface area contributed by atoms with E-state index in [4.69, 9.17) is 0 Å². The summed E-state index contributed by atoms with van der Waals surface area (Å²) in [6.45, 7) is 5.42. The number of nitrogens with one attached hydrogen (secondary N) is 1. The highest BCUT2D eigenvalue weighted by atomic mass is 32.2. The normalized spacial score (nSPS) is 21.5. The van der Waals surface area contributed by atoms with Crippen molar-refractivity contribution in [2.45, 2.75) is 31.7 Å². The van der Waals surface area contributed by atoms with Gasteiger partial charge in [-0.1, -0.05) is 13.8 Å². The third-order valence-electron chi connectivity index (χ3n) is 4.50. The Morgan fingerprint density at radius 2 is 1.85 bits per heavy atom. The predicted octanol–water partition coefficient (Wildman–Crippen LogP) is 2.19. The van der Waals surface area contributed by atoms with Gasteiger partial charge in [-0.15, -0.1) is 0 Å². The van der Waals surface area contributed by atoms with Crippen LogP contribution in [-0.2, 0) is 21.4 Å². The van der Waals surface area contributed by atoms with Gasteiger partial charge in [-0.2, -0.15) is 4.31 Å². The fraction of sp³-hybridized carbons (Fsp3) is 0.444. The second kappa shape index (κ2) is 7.59. The van der Waals surface area contributed by atoms with Crippen LogP contribution < -0.4 is 5.32 Å². The van der Waals surface area contributed by atoms with Crippen molar-refractivity contribution in [3.8, 4) is 0 Å². The molecule has 1 saturated heterocycles. The van der Waals surface area contributed by atoms with Crippen LogP contribution in [0.5, 0.6) is 0 Å². The number of hydrogen-bond donors (Lipinski definition) is 1. The molecule has 1 aliphatic rings. The van der Waals surface area contributed by atoms with E-state index in [0.29, 0.717) is 30.6 Å². The smallest absolute Gasteiger partial charge is 0.244 e. The fourth-order valence-corrected chi connectivity index (χ4v) is 5.09. The van der Waals surface area contributed by atoms with E-state index in [1.807, 2.05) is 0 Å². The Kier molecular flexibility index (Phi) is 5.43. The van der Waals surface area contributed by atoms with Crippen molar-refractivity contribution in [3.63, 3.8) is 0 Å². The molecular weight excluding hydrogens is 352 g/mol. The van der Waals surface area contributed by atoms with E-state index >= 15 is 0 Å². The monoisotopic (exact) mass is 376 g/mol. The SMILES string of the molecule is C[C@@H]1C[C@H](C)CN(S(=O)(=O)c2ccc(NC(=O)Cn3ccnc3)cc2)C1. The zero-order chi connectivity index (χ0) is 18.7. The fourth-order valence-electron chi connectivity index (χ4n) is 3.41. The molecule has 8 heteroatoms. The maximum atomic E-state index is 12.9. The standard InChI is InChI=1S/C18H24N4O3S/c1-14-9-15(2)11-22(10-14)26(24,25)17-5-3-16(4-6-17)20-18(23)12-21-8-7-19-13-21/h3-8,13-15H,9-12H2,1-2H3,(H,20,23)/t14-,15+. The van der Waals surface area contributed by atoms with Gasteiger partial charge in [0.1, 0.15) is 6.54 Å². The summed E-state index contributed by atoms with van der Waals surface area (Å²) in [6, 6.07) is 6.34. The maximum absolute atomic E-state index is 12.9. The van der Waals surface area contributed by atoms with Gasteiger partial charge < -0.3 is 9.88 Å². The van der Waals surface area contributed by atoms with Crippen molar-refractivity contribution < 1.29 is 13.2 Å². The number of piperidine rings is 1. The molecule has 0 unspecified atom stereocenters. The summed E-state index contributed by atoms with van der Waals surface area (Å²) >= 11 is 0. The lowest BCUT2D eigenvalue weighted by atomic mass is 9.94. The number of imidazole rings is 1. The molecule has 7 nitrogen and oxygen atoms in total. The average Bonchev–Trinajstić information content (AvgIpc) is 3.07. The molecule has 0 spiro atoms. The minimum atomic E-state index is -3.51. The van der Waals surface area contributed by atoms with Gasteiger partial charge >= 0.3 is 0 Å². The highest BCUT2D eigenvalue weighted by Crippen LogP contribution is 2.27. The van der Waals surface area contributed by atoms with Crippen molar-refractivity contribution in [2.75, 3.05) is 18.4 Å². The molecule has 0 saturated carbocycles. The van der Waals surface area contributed by atoms with Gasteiger partial charge in [0.15, 0.2) is 0 Å². The first-order valence-electron chi connectivity index (χ1n) is 8.70. The van der Waals surface area contributed by atoms with Crippen LogP contribution in [0.2, 0.25) is 0 Å². The lowest BCUT2D eigenvalue weighted by molar-refractivity contribution is -0.116. The average molecular weight is 376 g/mol. The van der Waals surface area contributed by atoms with Crippen LogP contribution in [0.4, 0.5) is 5.69 Å². The Hall–Kier alpha value is -2.19. The largest absolute Gasteiger partial charge is 0.328 e. The van der Waals surface area contributed by atoms with Crippen molar-refractivity contribution in [2.24, 2.45) is 11.8 Å². The zero-order valence-corrected chi connectivity index (χ0v) is 15.8. The molecule has 1 fully saturated rings. The van der Waals surface area contributed by atoms with Crippen LogP contribution in [0.3, 0.4) is 0 Å². The molecule has 26 heavy (non-hydrogen) atoms. The second-order valence-electron chi connectivity index (χ2n) is 7.08. The molecule has 0 aliphatic carbocycles. The molecule has 1 aromatic carbocycles. The number of aromatic nitrogens is 2. The van der Waals surface area contributed by atoms with E-state index in [1.54, 1.807) is 51.9 Å². The summed E-state index contributed by atoms with van der Waals surface area (Å²) in [5, 5.41) is 2.76. The maximum Gasteiger partial charge on any atom is 0.244 e. The Morgan fingerprint density at radius 3 is 2.42 bits per heavy atom. The second-order valence-corrected chi connectivity index (χ2v) is 9.01. The molecule has 1 N–H and O–H groups in total. The van der Waals surface area contributed by atoms with Crippen LogP contribution >= 0.6 is 0 Å². The summed E-state index contributed by atoms with van der Waals surface area (Å²) in [6.07, 6.45) is 5.93. The van der Waals surface area contributed by atoms with E-state index in [1.165, 1.54) is 0 Å². The Balaban J connectivity index is 1.67. The summed E-state index contributed by atoms with van der Waals surface area (Å²) < 4.78 is 28.9. The van der Waals surface area contributed by atoms with Gasteiger partial charge in [-0.05, 0) is 42.5 Å². The minimum absolute atomic E-state index is 0.156. The van der Waals surface area contributed by atoms with Crippen LogP contribution in [0.25, 0.3) is 0 Å². The summed E-state index contributed by atoms with van der Waals surface area (Å²) in [4.78, 5) is 16.1. The number of carbonyl (C=O) groups excluding carboxylic acids is 1. The number of nitrogens with zero attached hydrogens (tertiary/aromatic N) is 3. The molecule has 140 valence electrons. The van der Waals surface area contributed by atoms with Crippen molar-refractivity contribution in [3.05, 3.63) is 43.0 Å². The summed E-state index contributed by atoms with van der Waals surface area (Å²) in [5.41, 5.74) is 0.564. The highest BCUT2D eigenvalue weighted by Gasteiger charge is 2.31. The van der Waals surface area contributed by atoms with E-state index < -0.39 is 10.0 Å². The van der Waals surface area contributed by atoms with Gasteiger partial charge in [0.05, 0.1) is 11.2 Å². The topological polar surface area (TPSA) is 84.3 Å². The number of benzene rings is 1. The molecule has 1 aromatic heterocycles. The first kappa shape index (κ1) is 18.6. The van der Waals surface area contributed by atoms with E-state index in [0.717, 1.165) is 6.42 Å². The lowest BCUT2D eigenvalue weighted by Crippen LogP contribution is -2.42. The highest BCUT2D eigenvalue weighted by molar-refractivity contribution is 7.89.